The largest absolute Gasteiger partial charge is 0.489 e. The number of hydrogen-bond donors (Lipinski definition) is 1. The fourth-order valence-electron chi connectivity index (χ4n) is 1.66. The van der Waals surface area contributed by atoms with E-state index in [0.29, 0.717) is 17.9 Å². The summed E-state index contributed by atoms with van der Waals surface area (Å²) in [5.74, 6) is 0.392. The molecule has 0 aliphatic heterocycles. The van der Waals surface area contributed by atoms with Gasteiger partial charge in [-0.15, -0.1) is 0 Å². The van der Waals surface area contributed by atoms with E-state index in [2.05, 4.69) is 15.3 Å². The first-order chi connectivity index (χ1) is 9.65. The molecule has 2 aromatic heterocycles. The van der Waals surface area contributed by atoms with Gasteiger partial charge in [-0.2, -0.15) is 0 Å². The Kier molecular flexibility index (Phi) is 4.65. The second kappa shape index (κ2) is 6.65. The third-order valence-electron chi connectivity index (χ3n) is 2.50. The van der Waals surface area contributed by atoms with Crippen molar-refractivity contribution in [1.29, 1.82) is 0 Å². The van der Waals surface area contributed by atoms with Crippen LogP contribution in [0, 0.1) is 0 Å². The molecule has 0 atom stereocenters. The quantitative estimate of drug-likeness (QED) is 0.905. The van der Waals surface area contributed by atoms with Crippen molar-refractivity contribution in [2.75, 3.05) is 0 Å². The molecular weight excluding hydrogens is 254 g/mol. The minimum Gasteiger partial charge on any atom is -0.489 e. The molecule has 0 saturated heterocycles. The molecule has 0 bridgehead atoms. The van der Waals surface area contributed by atoms with Crippen LogP contribution >= 0.6 is 0 Å². The highest BCUT2D eigenvalue weighted by molar-refractivity contribution is 5.94. The molecule has 2 heterocycles. The van der Waals surface area contributed by atoms with Gasteiger partial charge in [-0.25, -0.2) is 0 Å². The average Bonchev–Trinajstić information content (AvgIpc) is 2.45. The van der Waals surface area contributed by atoms with Crippen molar-refractivity contribution in [2.24, 2.45) is 0 Å². The maximum atomic E-state index is 12.0. The minimum atomic E-state index is -0.197. The molecule has 20 heavy (non-hydrogen) atoms. The molecule has 0 radical (unpaired) electrons. The van der Waals surface area contributed by atoms with Gasteiger partial charge in [-0.3, -0.25) is 14.8 Å². The van der Waals surface area contributed by atoms with Crippen molar-refractivity contribution in [3.63, 3.8) is 0 Å². The standard InChI is InChI=1S/C15H17N3O2/c1-11(2)20-14-7-12(8-16-10-14)15(19)18-9-13-5-3-4-6-17-13/h3-8,10-11H,9H2,1-2H3,(H,18,19). The van der Waals surface area contributed by atoms with Gasteiger partial charge in [0.05, 0.1) is 30.1 Å². The van der Waals surface area contributed by atoms with Crippen molar-refractivity contribution >= 4 is 5.91 Å². The lowest BCUT2D eigenvalue weighted by Gasteiger charge is -2.10. The summed E-state index contributed by atoms with van der Waals surface area (Å²) < 4.78 is 5.51. The lowest BCUT2D eigenvalue weighted by molar-refractivity contribution is 0.0949. The Morgan fingerprint density at radius 2 is 2.20 bits per heavy atom. The molecule has 2 aromatic rings. The van der Waals surface area contributed by atoms with Crippen LogP contribution < -0.4 is 10.1 Å². The van der Waals surface area contributed by atoms with Crippen molar-refractivity contribution < 1.29 is 9.53 Å². The van der Waals surface area contributed by atoms with Gasteiger partial charge < -0.3 is 10.1 Å². The zero-order chi connectivity index (χ0) is 14.4. The summed E-state index contributed by atoms with van der Waals surface area (Å²) in [4.78, 5) is 20.2. The minimum absolute atomic E-state index is 0.0450. The number of rotatable bonds is 5. The lowest BCUT2D eigenvalue weighted by atomic mass is 10.2. The van der Waals surface area contributed by atoms with Gasteiger partial charge in [-0.05, 0) is 32.0 Å². The molecule has 0 fully saturated rings. The van der Waals surface area contributed by atoms with E-state index in [1.54, 1.807) is 18.5 Å². The predicted molar refractivity (Wildman–Crippen MR) is 75.4 cm³/mol. The van der Waals surface area contributed by atoms with Gasteiger partial charge in [0.15, 0.2) is 0 Å². The number of pyridine rings is 2. The molecule has 5 nitrogen and oxygen atoms in total. The first kappa shape index (κ1) is 14.0. The van der Waals surface area contributed by atoms with Gasteiger partial charge in [0.25, 0.3) is 5.91 Å². The Bertz CT molecular complexity index is 570. The van der Waals surface area contributed by atoms with E-state index >= 15 is 0 Å². The van der Waals surface area contributed by atoms with Crippen LogP contribution in [0.4, 0.5) is 0 Å². The van der Waals surface area contributed by atoms with Gasteiger partial charge >= 0.3 is 0 Å². The van der Waals surface area contributed by atoms with Crippen LogP contribution in [0.15, 0.2) is 42.9 Å². The van der Waals surface area contributed by atoms with E-state index in [1.165, 1.54) is 6.20 Å². The average molecular weight is 271 g/mol. The van der Waals surface area contributed by atoms with E-state index < -0.39 is 0 Å². The zero-order valence-corrected chi connectivity index (χ0v) is 11.5. The van der Waals surface area contributed by atoms with Crippen LogP contribution in [0.1, 0.15) is 29.9 Å². The van der Waals surface area contributed by atoms with Gasteiger partial charge in [0.1, 0.15) is 5.75 Å². The predicted octanol–water partition coefficient (Wildman–Crippen LogP) is 2.19. The zero-order valence-electron chi connectivity index (χ0n) is 11.5. The number of carbonyl (C=O) groups is 1. The first-order valence-electron chi connectivity index (χ1n) is 6.45. The molecule has 2 rings (SSSR count). The van der Waals surface area contributed by atoms with Crippen LogP contribution in [-0.2, 0) is 6.54 Å². The maximum Gasteiger partial charge on any atom is 0.253 e. The molecule has 0 saturated carbocycles. The van der Waals surface area contributed by atoms with Crippen LogP contribution in [0.3, 0.4) is 0 Å². The fourth-order valence-corrected chi connectivity index (χ4v) is 1.66. The molecule has 0 aliphatic rings. The maximum absolute atomic E-state index is 12.0. The Hall–Kier alpha value is -2.43. The Labute approximate surface area is 118 Å². The Morgan fingerprint density at radius 1 is 1.35 bits per heavy atom. The normalized spacial score (nSPS) is 10.3. The summed E-state index contributed by atoms with van der Waals surface area (Å²) in [6, 6.07) is 7.26. The van der Waals surface area contributed by atoms with Crippen LogP contribution in [0.5, 0.6) is 5.75 Å². The summed E-state index contributed by atoms with van der Waals surface area (Å²) in [5.41, 5.74) is 1.28. The van der Waals surface area contributed by atoms with Crippen molar-refractivity contribution in [3.05, 3.63) is 54.1 Å². The van der Waals surface area contributed by atoms with Gasteiger partial charge in [0, 0.05) is 12.4 Å². The molecule has 0 spiro atoms. The van der Waals surface area contributed by atoms with E-state index in [9.17, 15) is 4.79 Å². The number of aromatic nitrogens is 2. The topological polar surface area (TPSA) is 64.1 Å². The first-order valence-corrected chi connectivity index (χ1v) is 6.45. The molecule has 1 amide bonds. The molecule has 0 aromatic carbocycles. The number of ether oxygens (including phenoxy) is 1. The van der Waals surface area contributed by atoms with Crippen LogP contribution in [0.25, 0.3) is 0 Å². The summed E-state index contributed by atoms with van der Waals surface area (Å²) in [6.45, 7) is 4.23. The Balaban J connectivity index is 1.98. The highest BCUT2D eigenvalue weighted by Gasteiger charge is 2.08. The molecule has 1 N–H and O–H groups in total. The van der Waals surface area contributed by atoms with Gasteiger partial charge in [0.2, 0.25) is 0 Å². The molecule has 5 heteroatoms. The number of nitrogens with one attached hydrogen (secondary N) is 1. The highest BCUT2D eigenvalue weighted by Crippen LogP contribution is 2.13. The van der Waals surface area contributed by atoms with E-state index in [4.69, 9.17) is 4.74 Å². The third kappa shape index (κ3) is 4.05. The van der Waals surface area contributed by atoms with Crippen molar-refractivity contribution in [3.8, 4) is 5.75 Å². The second-order valence-corrected chi connectivity index (χ2v) is 4.58. The smallest absolute Gasteiger partial charge is 0.253 e. The fraction of sp³-hybridized carbons (Fsp3) is 0.267. The summed E-state index contributed by atoms with van der Waals surface area (Å²) in [5, 5.41) is 2.80. The lowest BCUT2D eigenvalue weighted by Crippen LogP contribution is -2.23. The number of hydrogen-bond acceptors (Lipinski definition) is 4. The number of carbonyl (C=O) groups excluding carboxylic acids is 1. The SMILES string of the molecule is CC(C)Oc1cncc(C(=O)NCc2ccccn2)c1. The summed E-state index contributed by atoms with van der Waals surface area (Å²) in [7, 11) is 0. The molecule has 0 aliphatic carbocycles. The second-order valence-electron chi connectivity index (χ2n) is 4.58. The Morgan fingerprint density at radius 3 is 2.90 bits per heavy atom. The van der Waals surface area contributed by atoms with E-state index in [1.807, 2.05) is 32.0 Å². The van der Waals surface area contributed by atoms with Crippen LogP contribution in [-0.4, -0.2) is 22.0 Å². The van der Waals surface area contributed by atoms with Gasteiger partial charge in [-0.1, -0.05) is 6.07 Å². The number of amides is 1. The van der Waals surface area contributed by atoms with Crippen molar-refractivity contribution in [1.82, 2.24) is 15.3 Å². The van der Waals surface area contributed by atoms with E-state index in [-0.39, 0.29) is 12.0 Å². The number of nitrogens with zero attached hydrogens (tertiary/aromatic N) is 2. The molecular formula is C15H17N3O2. The highest BCUT2D eigenvalue weighted by atomic mass is 16.5. The summed E-state index contributed by atoms with van der Waals surface area (Å²) >= 11 is 0. The van der Waals surface area contributed by atoms with Crippen LogP contribution in [0.2, 0.25) is 0 Å². The summed E-state index contributed by atoms with van der Waals surface area (Å²) in [6.07, 6.45) is 4.85. The molecule has 104 valence electrons. The monoisotopic (exact) mass is 271 g/mol. The van der Waals surface area contributed by atoms with E-state index in [0.717, 1.165) is 5.69 Å². The van der Waals surface area contributed by atoms with Crippen molar-refractivity contribution in [2.45, 2.75) is 26.5 Å². The molecule has 0 unspecified atom stereocenters. The third-order valence-corrected chi connectivity index (χ3v) is 2.50.